The molecule has 0 aromatic heterocycles. The maximum Gasteiger partial charge on any atom is 0.490 e. The quantitative estimate of drug-likeness (QED) is 0.281. The average Bonchev–Trinajstić information content (AvgIpc) is 3.22. The van der Waals surface area contributed by atoms with E-state index in [1.54, 1.807) is 14.2 Å². The van der Waals surface area contributed by atoms with Gasteiger partial charge in [0.05, 0.1) is 25.9 Å². The van der Waals surface area contributed by atoms with Gasteiger partial charge in [-0.05, 0) is 69.1 Å². The van der Waals surface area contributed by atoms with E-state index in [4.69, 9.17) is 25.1 Å². The summed E-state index contributed by atoms with van der Waals surface area (Å²) >= 11 is 0. The fourth-order valence-corrected chi connectivity index (χ4v) is 5.32. The summed E-state index contributed by atoms with van der Waals surface area (Å²) in [6.07, 6.45) is -1.34. The number of rotatable bonds is 5. The molecule has 0 radical (unpaired) electrons. The number of methoxy groups -OCH3 is 2. The Hall–Kier alpha value is -3.61. The number of carboxylic acids is 1. The number of nitrogens with two attached hydrogens (primary N) is 1. The molecule has 3 unspecified atom stereocenters. The standard InChI is InChI=1S/C24H30F2N4O2.C2HF3O2/c1-30-11-10-24(15-4-7-20(31-2)21(12-15)32-3)9-8-17(14-22(24)30)28-23(27)29-19-6-5-16(25)13-18(19)26;3-2(4,5)1(6)7/h4-7,12-13,17,22H,8-11,14H2,1-3H3,(H3,27,28,29);(H,6,7). The van der Waals surface area contributed by atoms with Crippen molar-refractivity contribution in [2.45, 2.75) is 49.4 Å². The number of benzene rings is 2. The van der Waals surface area contributed by atoms with Crippen molar-refractivity contribution in [2.75, 3.05) is 33.1 Å². The zero-order chi connectivity index (χ0) is 29.0. The van der Waals surface area contributed by atoms with E-state index in [1.807, 2.05) is 6.07 Å². The van der Waals surface area contributed by atoms with Gasteiger partial charge in [-0.15, -0.1) is 0 Å². The van der Waals surface area contributed by atoms with Gasteiger partial charge in [-0.3, -0.25) is 0 Å². The van der Waals surface area contributed by atoms with E-state index in [0.717, 1.165) is 49.8 Å². The summed E-state index contributed by atoms with van der Waals surface area (Å²) < 4.78 is 69.8. The number of alkyl halides is 3. The third-order valence-corrected chi connectivity index (χ3v) is 7.22. The Morgan fingerprint density at radius 2 is 1.79 bits per heavy atom. The van der Waals surface area contributed by atoms with Gasteiger partial charge in [-0.1, -0.05) is 6.07 Å². The van der Waals surface area contributed by atoms with Gasteiger partial charge >= 0.3 is 12.1 Å². The van der Waals surface area contributed by atoms with Crippen LogP contribution in [0.15, 0.2) is 41.4 Å². The summed E-state index contributed by atoms with van der Waals surface area (Å²) in [5.41, 5.74) is 7.45. The molecule has 1 saturated heterocycles. The first-order valence-electron chi connectivity index (χ1n) is 12.1. The van der Waals surface area contributed by atoms with E-state index < -0.39 is 23.8 Å². The molecule has 2 aromatic carbocycles. The largest absolute Gasteiger partial charge is 0.493 e. The van der Waals surface area contributed by atoms with Crippen LogP contribution in [0.2, 0.25) is 0 Å². The lowest BCUT2D eigenvalue weighted by Crippen LogP contribution is -2.47. The number of aliphatic imine (C=N–C) groups is 1. The van der Waals surface area contributed by atoms with Gasteiger partial charge < -0.3 is 30.5 Å². The fourth-order valence-electron chi connectivity index (χ4n) is 5.32. The minimum Gasteiger partial charge on any atom is -0.493 e. The molecule has 0 bridgehead atoms. The Balaban J connectivity index is 0.000000532. The monoisotopic (exact) mass is 558 g/mol. The number of halogens is 5. The first kappa shape index (κ1) is 29.9. The van der Waals surface area contributed by atoms with Gasteiger partial charge in [0.25, 0.3) is 0 Å². The molecular formula is C26H31F5N4O4. The zero-order valence-electron chi connectivity index (χ0n) is 21.7. The van der Waals surface area contributed by atoms with Gasteiger partial charge in [0.1, 0.15) is 11.6 Å². The lowest BCUT2D eigenvalue weighted by atomic mass is 9.65. The van der Waals surface area contributed by atoms with Crippen molar-refractivity contribution >= 4 is 17.6 Å². The maximum atomic E-state index is 13.9. The van der Waals surface area contributed by atoms with Crippen LogP contribution in [0.5, 0.6) is 11.5 Å². The number of likely N-dealkylation sites (N-methyl/N-ethyl adjacent to an activating group) is 1. The van der Waals surface area contributed by atoms with Crippen LogP contribution >= 0.6 is 0 Å². The lowest BCUT2D eigenvalue weighted by Gasteiger charge is -2.44. The Morgan fingerprint density at radius 3 is 2.38 bits per heavy atom. The van der Waals surface area contributed by atoms with Crippen molar-refractivity contribution < 1.29 is 41.3 Å². The zero-order valence-corrected chi connectivity index (χ0v) is 21.7. The minimum atomic E-state index is -5.08. The number of likely N-dealkylation sites (tertiary alicyclic amines) is 1. The number of anilines is 1. The highest BCUT2D eigenvalue weighted by molar-refractivity contribution is 5.92. The predicted octanol–water partition coefficient (Wildman–Crippen LogP) is 4.54. The number of hydrogen-bond acceptors (Lipinski definition) is 5. The van der Waals surface area contributed by atoms with Crippen molar-refractivity contribution in [1.29, 1.82) is 0 Å². The Kier molecular flexibility index (Phi) is 9.26. The maximum absolute atomic E-state index is 13.9. The number of guanidine groups is 1. The van der Waals surface area contributed by atoms with Crippen molar-refractivity contribution in [3.63, 3.8) is 0 Å². The van der Waals surface area contributed by atoms with E-state index in [9.17, 15) is 22.0 Å². The Morgan fingerprint density at radius 1 is 1.13 bits per heavy atom. The number of ether oxygens (including phenoxy) is 2. The SMILES string of the molecule is COc1ccc(C23CCC(N=C(N)Nc4ccc(F)cc4F)CC2N(C)CC3)cc1OC.O=C(O)C(F)(F)F. The van der Waals surface area contributed by atoms with Crippen LogP contribution in [0.4, 0.5) is 27.6 Å². The fraction of sp³-hybridized carbons (Fsp3) is 0.462. The molecule has 8 nitrogen and oxygen atoms in total. The molecule has 214 valence electrons. The van der Waals surface area contributed by atoms with Crippen LogP contribution in [0.3, 0.4) is 0 Å². The van der Waals surface area contributed by atoms with E-state index in [1.165, 1.54) is 17.7 Å². The van der Waals surface area contributed by atoms with Crippen LogP contribution in [0, 0.1) is 11.6 Å². The first-order valence-corrected chi connectivity index (χ1v) is 12.1. The van der Waals surface area contributed by atoms with Gasteiger partial charge in [0.2, 0.25) is 0 Å². The summed E-state index contributed by atoms with van der Waals surface area (Å²) in [5, 5.41) is 9.89. The van der Waals surface area contributed by atoms with E-state index in [-0.39, 0.29) is 23.1 Å². The molecule has 2 aliphatic rings. The molecule has 4 N–H and O–H groups in total. The number of nitrogens with zero attached hydrogens (tertiary/aromatic N) is 2. The number of aliphatic carboxylic acids is 1. The van der Waals surface area contributed by atoms with E-state index in [0.29, 0.717) is 6.04 Å². The summed E-state index contributed by atoms with van der Waals surface area (Å²) in [7, 11) is 5.44. The molecule has 3 atom stereocenters. The first-order chi connectivity index (χ1) is 18.3. The van der Waals surface area contributed by atoms with Crippen molar-refractivity contribution in [1.82, 2.24) is 4.90 Å². The third kappa shape index (κ3) is 6.88. The third-order valence-electron chi connectivity index (χ3n) is 7.22. The second-order valence-corrected chi connectivity index (χ2v) is 9.47. The van der Waals surface area contributed by atoms with Gasteiger partial charge in [-0.2, -0.15) is 13.2 Å². The highest BCUT2D eigenvalue weighted by atomic mass is 19.4. The van der Waals surface area contributed by atoms with Gasteiger partial charge in [-0.25, -0.2) is 18.6 Å². The smallest absolute Gasteiger partial charge is 0.490 e. The summed E-state index contributed by atoms with van der Waals surface area (Å²) in [4.78, 5) is 15.9. The van der Waals surface area contributed by atoms with Crippen LogP contribution in [-0.4, -0.2) is 68.0 Å². The number of carboxylic acid groups (broad SMARTS) is 1. The summed E-state index contributed by atoms with van der Waals surface area (Å²) in [5.74, 6) is -2.49. The van der Waals surface area contributed by atoms with Gasteiger partial charge in [0.15, 0.2) is 17.5 Å². The second kappa shape index (κ2) is 12.1. The molecule has 0 amide bonds. The molecular weight excluding hydrogens is 527 g/mol. The van der Waals surface area contributed by atoms with E-state index in [2.05, 4.69) is 34.4 Å². The van der Waals surface area contributed by atoms with Crippen LogP contribution < -0.4 is 20.5 Å². The normalized spacial score (nSPS) is 23.3. The topological polar surface area (TPSA) is 109 Å². The van der Waals surface area contributed by atoms with Crippen LogP contribution in [0.1, 0.15) is 31.2 Å². The number of hydrogen-bond donors (Lipinski definition) is 3. The Bertz CT molecular complexity index is 1210. The molecule has 0 spiro atoms. The predicted molar refractivity (Wildman–Crippen MR) is 135 cm³/mol. The average molecular weight is 559 g/mol. The molecule has 2 aromatic rings. The van der Waals surface area contributed by atoms with Crippen molar-refractivity contribution in [3.05, 3.63) is 53.6 Å². The summed E-state index contributed by atoms with van der Waals surface area (Å²) in [6, 6.07) is 9.86. The number of carbonyl (C=O) groups is 1. The van der Waals surface area contributed by atoms with E-state index >= 15 is 0 Å². The molecule has 13 heteroatoms. The molecule has 1 aliphatic carbocycles. The molecule has 1 heterocycles. The molecule has 2 fully saturated rings. The van der Waals surface area contributed by atoms with Crippen LogP contribution in [0.25, 0.3) is 0 Å². The van der Waals surface area contributed by atoms with Crippen molar-refractivity contribution in [3.8, 4) is 11.5 Å². The molecule has 1 saturated carbocycles. The minimum absolute atomic E-state index is 0.0184. The molecule has 4 rings (SSSR count). The lowest BCUT2D eigenvalue weighted by molar-refractivity contribution is -0.192. The molecule has 1 aliphatic heterocycles. The van der Waals surface area contributed by atoms with Crippen LogP contribution in [-0.2, 0) is 10.2 Å². The Labute approximate surface area is 222 Å². The number of fused-ring (bicyclic) bond motifs is 1. The number of nitrogens with one attached hydrogen (secondary N) is 1. The second-order valence-electron chi connectivity index (χ2n) is 9.47. The highest BCUT2D eigenvalue weighted by Crippen LogP contribution is 2.50. The highest BCUT2D eigenvalue weighted by Gasteiger charge is 2.50. The van der Waals surface area contributed by atoms with Crippen molar-refractivity contribution in [2.24, 2.45) is 10.7 Å². The van der Waals surface area contributed by atoms with Gasteiger partial charge in [0, 0.05) is 17.5 Å². The molecule has 39 heavy (non-hydrogen) atoms. The summed E-state index contributed by atoms with van der Waals surface area (Å²) in [6.45, 7) is 1.00.